The Bertz CT molecular complexity index is 2000. The summed E-state index contributed by atoms with van der Waals surface area (Å²) < 4.78 is 41.9. The molecule has 15 nitrogen and oxygen atoms in total. The van der Waals surface area contributed by atoms with Crippen molar-refractivity contribution in [1.82, 2.24) is 0 Å². The van der Waals surface area contributed by atoms with Crippen molar-refractivity contribution in [2.75, 3.05) is 0 Å². The van der Waals surface area contributed by atoms with E-state index in [0.717, 1.165) is 34.6 Å². The molecule has 0 aliphatic heterocycles. The topological polar surface area (TPSA) is 201 Å². The highest BCUT2D eigenvalue weighted by molar-refractivity contribution is 5.95. The van der Waals surface area contributed by atoms with E-state index in [1.807, 2.05) is 0 Å². The van der Waals surface area contributed by atoms with Crippen LogP contribution in [-0.2, 0) is 61.9 Å². The minimum absolute atomic E-state index is 0.0255. The summed E-state index contributed by atoms with van der Waals surface area (Å²) in [4.78, 5) is 108. The summed E-state index contributed by atoms with van der Waals surface area (Å²) >= 11 is 0. The second-order valence-corrected chi connectivity index (χ2v) is 15.5. The monoisotopic (exact) mass is 818 g/mol. The molecule has 0 aromatic heterocycles. The lowest BCUT2D eigenvalue weighted by molar-refractivity contribution is -0.191. The average molecular weight is 819 g/mol. The molecule has 15 heteroatoms. The van der Waals surface area contributed by atoms with Gasteiger partial charge in [-0.2, -0.15) is 0 Å². The van der Waals surface area contributed by atoms with Crippen LogP contribution in [0.15, 0.2) is 85.0 Å². The third kappa shape index (κ3) is 10.3. The number of rotatable bonds is 9. The van der Waals surface area contributed by atoms with Crippen LogP contribution in [0.2, 0.25) is 0 Å². The highest BCUT2D eigenvalue weighted by Crippen LogP contribution is 2.54. The Labute approximate surface area is 342 Å². The highest BCUT2D eigenvalue weighted by Gasteiger charge is 2.72. The maximum atomic E-state index is 15.2. The first-order valence-corrected chi connectivity index (χ1v) is 18.9. The van der Waals surface area contributed by atoms with E-state index < -0.39 is 113 Å². The summed E-state index contributed by atoms with van der Waals surface area (Å²) in [6.07, 6.45) is -6.45. The average Bonchev–Trinajstić information content (AvgIpc) is 3.38. The Morgan fingerprint density at radius 1 is 0.610 bits per heavy atom. The third-order valence-corrected chi connectivity index (χ3v) is 10.2. The van der Waals surface area contributed by atoms with E-state index >= 15 is 4.79 Å². The van der Waals surface area contributed by atoms with Gasteiger partial charge >= 0.3 is 41.8 Å². The number of ketones is 1. The molecule has 59 heavy (non-hydrogen) atoms. The summed E-state index contributed by atoms with van der Waals surface area (Å²) in [6.45, 7) is 15.6. The van der Waals surface area contributed by atoms with E-state index in [-0.39, 0.29) is 16.7 Å². The lowest BCUT2D eigenvalue weighted by atomic mass is 9.72. The van der Waals surface area contributed by atoms with Crippen LogP contribution in [-0.4, -0.2) is 89.3 Å². The Morgan fingerprint density at radius 2 is 1.10 bits per heavy atom. The molecule has 0 bridgehead atoms. The van der Waals surface area contributed by atoms with Crippen LogP contribution in [0.1, 0.15) is 89.5 Å². The molecule has 316 valence electrons. The molecule has 0 amide bonds. The predicted molar refractivity (Wildman–Crippen MR) is 207 cm³/mol. The van der Waals surface area contributed by atoms with Crippen molar-refractivity contribution in [1.29, 1.82) is 0 Å². The van der Waals surface area contributed by atoms with Gasteiger partial charge in [0.1, 0.15) is 6.10 Å². The van der Waals surface area contributed by atoms with Crippen LogP contribution < -0.4 is 0 Å². The lowest BCUT2D eigenvalue weighted by Gasteiger charge is -2.44. The van der Waals surface area contributed by atoms with Crippen LogP contribution in [0.4, 0.5) is 0 Å². The molecular formula is C44H50O15. The van der Waals surface area contributed by atoms with Crippen molar-refractivity contribution in [2.24, 2.45) is 17.3 Å². The van der Waals surface area contributed by atoms with Crippen LogP contribution in [0.25, 0.3) is 0 Å². The second kappa shape index (κ2) is 18.2. The zero-order valence-corrected chi connectivity index (χ0v) is 34.5. The molecule has 0 N–H and O–H groups in total. The molecule has 1 saturated carbocycles. The lowest BCUT2D eigenvalue weighted by Crippen LogP contribution is -2.59. The normalized spacial score (nSPS) is 29.5. The molecule has 0 radical (unpaired) electrons. The van der Waals surface area contributed by atoms with E-state index in [9.17, 15) is 33.6 Å². The van der Waals surface area contributed by atoms with Crippen molar-refractivity contribution in [2.45, 2.75) is 110 Å². The summed E-state index contributed by atoms with van der Waals surface area (Å²) in [5.41, 5.74) is -6.06. The molecule has 0 unspecified atom stereocenters. The fourth-order valence-electron chi connectivity index (χ4n) is 7.83. The standard InChI is InChI=1S/C44H50O15/c1-24-21-22-42(8,9)39(56-29(6)48)36(54-27(4)46)35(57-40(51)31-17-13-11-14-18-31)25(2)34(53-26(3)45)33-38(55-28(5)47)43(10,23-44(33,37(24)50)58-30(7)49)59-41(52)32-19-15-12-16-20-32/h11-22,24,33-36,38-39H,2,23H2,1,3-10H3/b22-21-/t24-,33-,34-,35+,36+,38+,39+,43+,44+/m0/s1. The molecule has 1 fully saturated rings. The minimum atomic E-state index is -2.44. The summed E-state index contributed by atoms with van der Waals surface area (Å²) in [5, 5.41) is 0. The van der Waals surface area contributed by atoms with Crippen molar-refractivity contribution in [3.8, 4) is 0 Å². The molecule has 2 aliphatic rings. The van der Waals surface area contributed by atoms with Gasteiger partial charge in [-0.15, -0.1) is 0 Å². The van der Waals surface area contributed by atoms with Gasteiger partial charge in [-0.3, -0.25) is 28.8 Å². The molecule has 2 aromatic rings. The fraction of sp³-hybridized carbons (Fsp3) is 0.455. The number of hydrogen-bond acceptors (Lipinski definition) is 15. The molecule has 4 rings (SSSR count). The Morgan fingerprint density at radius 3 is 1.59 bits per heavy atom. The first-order chi connectivity index (χ1) is 27.5. The zero-order valence-electron chi connectivity index (χ0n) is 34.5. The van der Waals surface area contributed by atoms with Gasteiger partial charge in [-0.05, 0) is 31.2 Å². The number of carbonyl (C=O) groups excluding carboxylic acids is 8. The number of carbonyl (C=O) groups is 8. The first kappa shape index (κ1) is 45.6. The summed E-state index contributed by atoms with van der Waals surface area (Å²) in [6, 6.07) is 15.4. The van der Waals surface area contributed by atoms with Crippen molar-refractivity contribution in [3.05, 3.63) is 96.1 Å². The molecule has 2 aromatic carbocycles. The van der Waals surface area contributed by atoms with Gasteiger partial charge in [-0.1, -0.05) is 75.9 Å². The number of fused-ring (bicyclic) bond motifs is 1. The summed E-state index contributed by atoms with van der Waals surface area (Å²) in [7, 11) is 0. The van der Waals surface area contributed by atoms with Gasteiger partial charge < -0.3 is 33.2 Å². The second-order valence-electron chi connectivity index (χ2n) is 15.5. The minimum Gasteiger partial charge on any atom is -0.458 e. The van der Waals surface area contributed by atoms with Gasteiger partial charge in [0.05, 0.1) is 17.0 Å². The van der Waals surface area contributed by atoms with Gasteiger partial charge in [0, 0.05) is 57.9 Å². The Hall–Kier alpha value is -6.12. The number of allylic oxidation sites excluding steroid dienone is 1. The SMILES string of the molecule is C=C1[C@@H](OC(=O)c2ccccc2)[C@@H](OC(C)=O)[C@@H](OC(C)=O)C(C)(C)/C=C\[C@H](C)C(=O)[C@@]2(OC(C)=O)C[C@@](C)(OC(=O)c3ccccc3)[C@H](OC(C)=O)[C@@H]2[C@H]1OC(C)=O. The molecule has 0 saturated heterocycles. The van der Waals surface area contributed by atoms with Gasteiger partial charge in [-0.25, -0.2) is 9.59 Å². The number of hydrogen-bond donors (Lipinski definition) is 0. The highest BCUT2D eigenvalue weighted by atomic mass is 16.6. The first-order valence-electron chi connectivity index (χ1n) is 18.9. The maximum absolute atomic E-state index is 15.2. The van der Waals surface area contributed by atoms with Gasteiger partial charge in [0.2, 0.25) is 0 Å². The van der Waals surface area contributed by atoms with Gasteiger partial charge in [0.15, 0.2) is 41.4 Å². The van der Waals surface area contributed by atoms with E-state index in [0.29, 0.717) is 0 Å². The smallest absolute Gasteiger partial charge is 0.338 e. The number of esters is 7. The summed E-state index contributed by atoms with van der Waals surface area (Å²) in [5.74, 6) is -10.3. The maximum Gasteiger partial charge on any atom is 0.338 e. The molecule has 0 spiro atoms. The molecule has 9 atom stereocenters. The Kier molecular flexibility index (Phi) is 14.1. The largest absolute Gasteiger partial charge is 0.458 e. The van der Waals surface area contributed by atoms with Crippen LogP contribution in [0.5, 0.6) is 0 Å². The predicted octanol–water partition coefficient (Wildman–Crippen LogP) is 5.23. The number of benzene rings is 2. The zero-order chi connectivity index (χ0) is 44.0. The fourth-order valence-corrected chi connectivity index (χ4v) is 7.83. The molecule has 2 aliphatic carbocycles. The van der Waals surface area contributed by atoms with Crippen LogP contribution >= 0.6 is 0 Å². The molecular weight excluding hydrogens is 768 g/mol. The van der Waals surface area contributed by atoms with E-state index in [1.165, 1.54) is 50.3 Å². The van der Waals surface area contributed by atoms with Crippen molar-refractivity contribution >= 4 is 47.6 Å². The van der Waals surface area contributed by atoms with Crippen molar-refractivity contribution < 1.29 is 71.5 Å². The number of ether oxygens (including phenoxy) is 7. The van der Waals surface area contributed by atoms with E-state index in [4.69, 9.17) is 33.2 Å². The quantitative estimate of drug-likeness (QED) is 0.181. The van der Waals surface area contributed by atoms with Gasteiger partial charge in [0.25, 0.3) is 0 Å². The third-order valence-electron chi connectivity index (χ3n) is 10.2. The van der Waals surface area contributed by atoms with Crippen molar-refractivity contribution in [3.63, 3.8) is 0 Å². The van der Waals surface area contributed by atoms with Crippen LogP contribution in [0.3, 0.4) is 0 Å². The molecule has 0 heterocycles. The van der Waals surface area contributed by atoms with E-state index in [2.05, 4.69) is 6.58 Å². The van der Waals surface area contributed by atoms with E-state index in [1.54, 1.807) is 50.2 Å². The number of Topliss-reactive ketones (excluding diaryl/α,β-unsaturated/α-hetero) is 1. The Balaban J connectivity index is 2.16. The van der Waals surface area contributed by atoms with Crippen LogP contribution in [0, 0.1) is 17.3 Å².